The molecule has 1 atom stereocenters. The third-order valence-electron chi connectivity index (χ3n) is 6.54. The number of hydrogen-bond acceptors (Lipinski definition) is 5. The number of aromatic nitrogens is 2. The van der Waals surface area contributed by atoms with Crippen LogP contribution < -0.4 is 5.56 Å². The van der Waals surface area contributed by atoms with E-state index in [2.05, 4.69) is 19.6 Å². The summed E-state index contributed by atoms with van der Waals surface area (Å²) in [5.41, 5.74) is 0.416. The normalized spacial score (nSPS) is 22.0. The fourth-order valence-electron chi connectivity index (χ4n) is 4.60. The van der Waals surface area contributed by atoms with E-state index in [9.17, 15) is 14.7 Å². The summed E-state index contributed by atoms with van der Waals surface area (Å²) in [5, 5.41) is 12.0. The van der Waals surface area contributed by atoms with Gasteiger partial charge in [0.15, 0.2) is 5.60 Å². The summed E-state index contributed by atoms with van der Waals surface area (Å²) in [6.07, 6.45) is 0.720. The molecule has 0 radical (unpaired) electrons. The number of benzene rings is 1. The lowest BCUT2D eigenvalue weighted by Crippen LogP contribution is -2.44. The summed E-state index contributed by atoms with van der Waals surface area (Å²) >= 11 is 0. The third-order valence-corrected chi connectivity index (χ3v) is 8.29. The van der Waals surface area contributed by atoms with Crippen LogP contribution in [0.5, 0.6) is 0 Å². The summed E-state index contributed by atoms with van der Waals surface area (Å²) in [6.45, 7) is 6.06. The molecule has 0 spiro atoms. The molecule has 0 bridgehead atoms. The van der Waals surface area contributed by atoms with Crippen molar-refractivity contribution >= 4 is 24.9 Å². The van der Waals surface area contributed by atoms with E-state index in [-0.39, 0.29) is 29.8 Å². The molecule has 0 fully saturated rings. The Morgan fingerprint density at radius 1 is 1.25 bits per heavy atom. The number of rotatable bonds is 4. The number of ether oxygens (including phenoxy) is 1. The van der Waals surface area contributed by atoms with Crippen LogP contribution >= 0.6 is 0 Å². The molecule has 4 heterocycles. The van der Waals surface area contributed by atoms with E-state index >= 15 is 0 Å². The predicted molar refractivity (Wildman–Crippen MR) is 126 cm³/mol. The number of nitrogens with zero attached hydrogens (tertiary/aromatic N) is 2. The van der Waals surface area contributed by atoms with Crippen molar-refractivity contribution in [2.75, 3.05) is 0 Å². The van der Waals surface area contributed by atoms with Gasteiger partial charge in [-0.1, -0.05) is 50.8 Å². The topological polar surface area (TPSA) is 81.4 Å². The van der Waals surface area contributed by atoms with Crippen LogP contribution in [-0.4, -0.2) is 28.7 Å². The maximum Gasteiger partial charge on any atom is 0.343 e. The molecule has 7 heteroatoms. The highest BCUT2D eigenvalue weighted by Crippen LogP contribution is 2.40. The van der Waals surface area contributed by atoms with Crippen LogP contribution in [0.4, 0.5) is 0 Å². The van der Waals surface area contributed by atoms with Crippen molar-refractivity contribution in [3.63, 3.8) is 0 Å². The lowest BCUT2D eigenvalue weighted by atomic mass is 9.86. The smallest absolute Gasteiger partial charge is 0.343 e. The number of aliphatic hydroxyl groups is 1. The van der Waals surface area contributed by atoms with E-state index in [4.69, 9.17) is 12.5 Å². The predicted octanol–water partition coefficient (Wildman–Crippen LogP) is 3.96. The number of carbonyl (C=O) groups is 1. The molecule has 166 valence electrons. The number of hydrogen-bond donors (Lipinski definition) is 1. The summed E-state index contributed by atoms with van der Waals surface area (Å²) in [6, 6.07) is 10.2. The molecule has 5 rings (SSSR count). The van der Waals surface area contributed by atoms with Gasteiger partial charge < -0.3 is 14.4 Å². The maximum absolute atomic E-state index is 13.6. The Labute approximate surface area is 190 Å². The first-order valence-electron chi connectivity index (χ1n) is 12.0. The van der Waals surface area contributed by atoms with Gasteiger partial charge in [0.25, 0.3) is 5.56 Å². The van der Waals surface area contributed by atoms with Crippen LogP contribution in [0.25, 0.3) is 22.3 Å². The molecule has 1 aromatic carbocycles. The molecule has 32 heavy (non-hydrogen) atoms. The quantitative estimate of drug-likeness (QED) is 0.481. The number of carbonyl (C=O) groups excluding carboxylic acids is 1. The van der Waals surface area contributed by atoms with Crippen LogP contribution in [0.2, 0.25) is 25.7 Å². The Morgan fingerprint density at radius 3 is 2.72 bits per heavy atom. The first-order chi connectivity index (χ1) is 15.9. The zero-order chi connectivity index (χ0) is 24.6. The highest BCUT2D eigenvalue weighted by molar-refractivity contribution is 6.76. The fraction of sp³-hybridized carbons (Fsp3) is 0.400. The van der Waals surface area contributed by atoms with Crippen molar-refractivity contribution < 1.29 is 17.4 Å². The lowest BCUT2D eigenvalue weighted by Gasteiger charge is -2.31. The molecule has 0 amide bonds. The zero-order valence-electron chi connectivity index (χ0n) is 20.8. The van der Waals surface area contributed by atoms with E-state index in [0.717, 1.165) is 27.1 Å². The minimum absolute atomic E-state index is 0.0358. The van der Waals surface area contributed by atoms with Crippen molar-refractivity contribution in [3.05, 3.63) is 62.9 Å². The average Bonchev–Trinajstić information content (AvgIpc) is 3.00. The summed E-state index contributed by atoms with van der Waals surface area (Å²) in [4.78, 5) is 30.9. The van der Waals surface area contributed by atoms with Gasteiger partial charge in [-0.2, -0.15) is 0 Å². The van der Waals surface area contributed by atoms with Crippen molar-refractivity contribution in [1.82, 2.24) is 9.55 Å². The molecule has 2 aliphatic rings. The van der Waals surface area contributed by atoms with Gasteiger partial charge in [0, 0.05) is 24.6 Å². The van der Waals surface area contributed by atoms with Crippen LogP contribution in [0.15, 0.2) is 35.1 Å². The third kappa shape index (κ3) is 3.06. The Balaban J connectivity index is 1.86. The molecule has 2 aromatic heterocycles. The number of cyclic esters (lactones) is 1. The van der Waals surface area contributed by atoms with Gasteiger partial charge in [0.2, 0.25) is 0 Å². The number of fused-ring (bicyclic) bond motifs is 5. The summed E-state index contributed by atoms with van der Waals surface area (Å²) in [7, 11) is -1.45. The van der Waals surface area contributed by atoms with Gasteiger partial charge in [-0.3, -0.25) is 4.79 Å². The Morgan fingerprint density at radius 2 is 2.00 bits per heavy atom. The molecule has 1 N–H and O–H groups in total. The summed E-state index contributed by atoms with van der Waals surface area (Å²) in [5.74, 6) is -0.796. The first kappa shape index (κ1) is 18.8. The fourth-order valence-corrected chi connectivity index (χ4v) is 5.60. The SMILES string of the molecule is [2H]C1([2H])c2c(nc3ccccc3c2CC[Si](C)(C)C)-c2cc3c(c(=O)n21)COC(=O)[C@]3(O)CC. The minimum Gasteiger partial charge on any atom is -0.458 e. The van der Waals surface area contributed by atoms with Crippen molar-refractivity contribution in [2.24, 2.45) is 0 Å². The first-order valence-corrected chi connectivity index (χ1v) is 14.7. The Hall–Kier alpha value is -2.77. The zero-order valence-corrected chi connectivity index (χ0v) is 19.8. The van der Waals surface area contributed by atoms with Gasteiger partial charge in [0.1, 0.15) is 6.61 Å². The van der Waals surface area contributed by atoms with Crippen LogP contribution in [0, 0.1) is 0 Å². The molecule has 0 saturated heterocycles. The van der Waals surface area contributed by atoms with Crippen LogP contribution in [0.3, 0.4) is 0 Å². The second-order valence-electron chi connectivity index (χ2n) is 9.86. The van der Waals surface area contributed by atoms with E-state index in [1.807, 2.05) is 24.3 Å². The number of esters is 1. The van der Waals surface area contributed by atoms with E-state index in [1.54, 1.807) is 13.0 Å². The summed E-state index contributed by atoms with van der Waals surface area (Å²) < 4.78 is 24.4. The number of para-hydroxylation sites is 1. The van der Waals surface area contributed by atoms with Crippen molar-refractivity contribution in [1.29, 1.82) is 0 Å². The molecule has 6 nitrogen and oxygen atoms in total. The second kappa shape index (κ2) is 7.12. The van der Waals surface area contributed by atoms with Gasteiger partial charge >= 0.3 is 5.97 Å². The van der Waals surface area contributed by atoms with E-state index in [0.29, 0.717) is 17.7 Å². The van der Waals surface area contributed by atoms with E-state index < -0.39 is 31.7 Å². The molecule has 0 aliphatic carbocycles. The van der Waals surface area contributed by atoms with Crippen LogP contribution in [0.1, 0.15) is 38.3 Å². The van der Waals surface area contributed by atoms with Crippen molar-refractivity contribution in [3.8, 4) is 11.4 Å². The highest BCUT2D eigenvalue weighted by atomic mass is 28.3. The van der Waals surface area contributed by atoms with Gasteiger partial charge in [0.05, 0.1) is 31.7 Å². The van der Waals surface area contributed by atoms with Gasteiger partial charge in [-0.05, 0) is 30.5 Å². The average molecular weight is 451 g/mol. The monoisotopic (exact) mass is 450 g/mol. The Bertz CT molecular complexity index is 1430. The largest absolute Gasteiger partial charge is 0.458 e. The molecular weight excluding hydrogens is 420 g/mol. The maximum atomic E-state index is 13.6. The molecule has 3 aromatic rings. The lowest BCUT2D eigenvalue weighted by molar-refractivity contribution is -0.172. The molecular formula is C25H28N2O4Si. The molecule has 2 aliphatic heterocycles. The minimum atomic E-state index is -2.13. The second-order valence-corrected chi connectivity index (χ2v) is 15.5. The molecule has 0 unspecified atom stereocenters. The van der Waals surface area contributed by atoms with Crippen LogP contribution in [-0.2, 0) is 34.7 Å². The number of aryl methyl sites for hydroxylation is 1. The standard InChI is InChI=1S/C25H28N2O4Si/c1-5-25(30)19-12-21-22-17(13-27(21)23(28)18(19)14-31-24(25)29)15(10-11-32(2,3)4)16-8-6-7-9-20(16)26-22/h6-9,12,30H,5,10-11,13-14H2,1-4H3/t25-/m0/s1/i13D2. The Kier molecular flexibility index (Phi) is 4.17. The van der Waals surface area contributed by atoms with Gasteiger partial charge in [-0.15, -0.1) is 0 Å². The van der Waals surface area contributed by atoms with E-state index in [1.165, 1.54) is 0 Å². The highest BCUT2D eigenvalue weighted by Gasteiger charge is 2.45. The number of pyridine rings is 2. The van der Waals surface area contributed by atoms with Gasteiger partial charge in [-0.25, -0.2) is 9.78 Å². The molecule has 0 saturated carbocycles. The van der Waals surface area contributed by atoms with Crippen molar-refractivity contribution in [2.45, 2.75) is 64.2 Å².